The molecule has 0 saturated heterocycles. The quantitative estimate of drug-likeness (QED) is 0.502. The van der Waals surface area contributed by atoms with Gasteiger partial charge in [0.1, 0.15) is 12.6 Å². The number of aromatic nitrogens is 2. The SMILES string of the molecule is CON=C(C(N)=O)c1ncsn1. The Bertz CT molecular complexity index is 294. The number of hydrogen-bond donors (Lipinski definition) is 1. The summed E-state index contributed by atoms with van der Waals surface area (Å²) in [6, 6.07) is 0. The summed E-state index contributed by atoms with van der Waals surface area (Å²) in [5.74, 6) is -0.524. The second kappa shape index (κ2) is 3.77. The molecular formula is C5H6N4O2S. The number of nitrogens with zero attached hydrogens (tertiary/aromatic N) is 3. The number of amides is 1. The fourth-order valence-corrected chi connectivity index (χ4v) is 0.990. The van der Waals surface area contributed by atoms with E-state index in [1.165, 1.54) is 12.6 Å². The van der Waals surface area contributed by atoms with Crippen LogP contribution in [0, 0.1) is 0 Å². The van der Waals surface area contributed by atoms with Gasteiger partial charge < -0.3 is 10.6 Å². The standard InChI is InChI=1S/C5H6N4O2S/c1-11-8-3(4(6)10)5-7-2-12-9-5/h2H,1H3,(H2,6,10). The van der Waals surface area contributed by atoms with E-state index in [-0.39, 0.29) is 11.5 Å². The van der Waals surface area contributed by atoms with Gasteiger partial charge in [-0.2, -0.15) is 4.37 Å². The molecule has 0 aliphatic rings. The molecule has 0 atom stereocenters. The van der Waals surface area contributed by atoms with Crippen molar-refractivity contribution in [2.75, 3.05) is 7.11 Å². The summed E-state index contributed by atoms with van der Waals surface area (Å²) in [5.41, 5.74) is 6.39. The molecular weight excluding hydrogens is 180 g/mol. The van der Waals surface area contributed by atoms with Crippen molar-refractivity contribution in [1.29, 1.82) is 0 Å². The third-order valence-electron chi connectivity index (χ3n) is 0.989. The monoisotopic (exact) mass is 186 g/mol. The zero-order valence-electron chi connectivity index (χ0n) is 6.22. The molecule has 1 heterocycles. The molecule has 2 N–H and O–H groups in total. The topological polar surface area (TPSA) is 90.5 Å². The predicted octanol–water partition coefficient (Wildman–Crippen LogP) is -0.626. The number of hydrogen-bond acceptors (Lipinski definition) is 6. The van der Waals surface area contributed by atoms with Gasteiger partial charge in [-0.05, 0) is 11.5 Å². The third kappa shape index (κ3) is 1.76. The average molecular weight is 186 g/mol. The summed E-state index contributed by atoms with van der Waals surface area (Å²) >= 11 is 1.11. The molecule has 0 radical (unpaired) electrons. The molecule has 0 bridgehead atoms. The Kier molecular flexibility index (Phi) is 2.70. The van der Waals surface area contributed by atoms with Gasteiger partial charge in [0.2, 0.25) is 11.5 Å². The van der Waals surface area contributed by atoms with E-state index in [1.807, 2.05) is 0 Å². The first-order valence-electron chi connectivity index (χ1n) is 2.93. The van der Waals surface area contributed by atoms with Crippen LogP contribution in [0.3, 0.4) is 0 Å². The lowest BCUT2D eigenvalue weighted by molar-refractivity contribution is -0.112. The van der Waals surface area contributed by atoms with Crippen molar-refractivity contribution in [3.05, 3.63) is 11.3 Å². The number of oxime groups is 1. The lowest BCUT2D eigenvalue weighted by atomic mass is 10.3. The van der Waals surface area contributed by atoms with Crippen LogP contribution in [0.25, 0.3) is 0 Å². The van der Waals surface area contributed by atoms with Crippen molar-refractivity contribution in [2.45, 2.75) is 0 Å². The van der Waals surface area contributed by atoms with E-state index >= 15 is 0 Å². The van der Waals surface area contributed by atoms with Crippen LogP contribution in [0.15, 0.2) is 10.7 Å². The molecule has 64 valence electrons. The Labute approximate surface area is 72.2 Å². The van der Waals surface area contributed by atoms with Crippen LogP contribution in [-0.4, -0.2) is 28.1 Å². The van der Waals surface area contributed by atoms with Gasteiger partial charge in [-0.25, -0.2) is 4.98 Å². The lowest BCUT2D eigenvalue weighted by Gasteiger charge is -1.93. The molecule has 0 saturated carbocycles. The highest BCUT2D eigenvalue weighted by molar-refractivity contribution is 7.03. The van der Waals surface area contributed by atoms with Crippen molar-refractivity contribution in [1.82, 2.24) is 9.36 Å². The van der Waals surface area contributed by atoms with Crippen LogP contribution >= 0.6 is 11.5 Å². The molecule has 0 fully saturated rings. The summed E-state index contributed by atoms with van der Waals surface area (Å²) in [5, 5.41) is 3.39. The largest absolute Gasteiger partial charge is 0.398 e. The van der Waals surface area contributed by atoms with Gasteiger partial charge in [-0.15, -0.1) is 0 Å². The number of rotatable bonds is 3. The minimum Gasteiger partial charge on any atom is -0.398 e. The highest BCUT2D eigenvalue weighted by Gasteiger charge is 2.14. The van der Waals surface area contributed by atoms with Crippen molar-refractivity contribution >= 4 is 23.2 Å². The zero-order valence-corrected chi connectivity index (χ0v) is 7.04. The van der Waals surface area contributed by atoms with Gasteiger partial charge >= 0.3 is 0 Å². The summed E-state index contributed by atoms with van der Waals surface area (Å²) in [7, 11) is 1.31. The number of nitrogens with two attached hydrogens (primary N) is 1. The Morgan fingerprint density at radius 1 is 1.83 bits per heavy atom. The van der Waals surface area contributed by atoms with Gasteiger partial charge in [0.05, 0.1) is 0 Å². The van der Waals surface area contributed by atoms with E-state index in [0.29, 0.717) is 0 Å². The molecule has 0 aliphatic carbocycles. The summed E-state index contributed by atoms with van der Waals surface area (Å²) in [4.78, 5) is 18.9. The van der Waals surface area contributed by atoms with Crippen molar-refractivity contribution in [3.8, 4) is 0 Å². The van der Waals surface area contributed by atoms with Gasteiger partial charge in [0.15, 0.2) is 0 Å². The molecule has 0 spiro atoms. The fraction of sp³-hybridized carbons (Fsp3) is 0.200. The van der Waals surface area contributed by atoms with Crippen LogP contribution in [0.4, 0.5) is 0 Å². The van der Waals surface area contributed by atoms with Crippen LogP contribution < -0.4 is 5.73 Å². The first kappa shape index (κ1) is 8.60. The first-order valence-corrected chi connectivity index (χ1v) is 3.77. The van der Waals surface area contributed by atoms with Crippen LogP contribution in [0.1, 0.15) is 5.82 Å². The van der Waals surface area contributed by atoms with E-state index in [9.17, 15) is 4.79 Å². The number of carbonyl (C=O) groups is 1. The number of carbonyl (C=O) groups excluding carboxylic acids is 1. The molecule has 6 nitrogen and oxygen atoms in total. The molecule has 1 amide bonds. The third-order valence-corrected chi connectivity index (χ3v) is 1.47. The van der Waals surface area contributed by atoms with Crippen LogP contribution in [0.2, 0.25) is 0 Å². The Balaban J connectivity index is 2.96. The summed E-state index contributed by atoms with van der Waals surface area (Å²) in [6.07, 6.45) is 0. The van der Waals surface area contributed by atoms with E-state index in [4.69, 9.17) is 5.73 Å². The molecule has 7 heteroatoms. The maximum Gasteiger partial charge on any atom is 0.274 e. The molecule has 1 rings (SSSR count). The molecule has 0 unspecified atom stereocenters. The second-order valence-electron chi connectivity index (χ2n) is 1.74. The highest BCUT2D eigenvalue weighted by Crippen LogP contribution is 1.96. The fourth-order valence-electron chi connectivity index (χ4n) is 0.562. The smallest absolute Gasteiger partial charge is 0.274 e. The van der Waals surface area contributed by atoms with E-state index in [1.54, 1.807) is 0 Å². The van der Waals surface area contributed by atoms with Crippen molar-refractivity contribution < 1.29 is 9.63 Å². The minimum absolute atomic E-state index is 0.0706. The molecule has 0 aromatic carbocycles. The predicted molar refractivity (Wildman–Crippen MR) is 42.6 cm³/mol. The second-order valence-corrected chi connectivity index (χ2v) is 2.35. The maximum atomic E-state index is 10.7. The van der Waals surface area contributed by atoms with Gasteiger partial charge in [0, 0.05) is 0 Å². The Hall–Kier alpha value is -1.50. The van der Waals surface area contributed by atoms with Crippen LogP contribution in [-0.2, 0) is 9.63 Å². The maximum absolute atomic E-state index is 10.7. The van der Waals surface area contributed by atoms with Crippen LogP contribution in [0.5, 0.6) is 0 Å². The van der Waals surface area contributed by atoms with Gasteiger partial charge in [-0.1, -0.05) is 5.16 Å². The number of primary amides is 1. The normalized spacial score (nSPS) is 11.2. The van der Waals surface area contributed by atoms with Gasteiger partial charge in [-0.3, -0.25) is 4.79 Å². The van der Waals surface area contributed by atoms with Crippen molar-refractivity contribution in [2.24, 2.45) is 10.9 Å². The molecule has 1 aromatic heterocycles. The highest BCUT2D eigenvalue weighted by atomic mass is 32.1. The van der Waals surface area contributed by atoms with Crippen molar-refractivity contribution in [3.63, 3.8) is 0 Å². The van der Waals surface area contributed by atoms with E-state index in [0.717, 1.165) is 11.5 Å². The molecule has 0 aliphatic heterocycles. The Morgan fingerprint density at radius 3 is 3.00 bits per heavy atom. The molecule has 12 heavy (non-hydrogen) atoms. The Morgan fingerprint density at radius 2 is 2.58 bits per heavy atom. The summed E-state index contributed by atoms with van der Waals surface area (Å²) in [6.45, 7) is 0. The summed E-state index contributed by atoms with van der Waals surface area (Å²) < 4.78 is 3.78. The van der Waals surface area contributed by atoms with E-state index in [2.05, 4.69) is 19.4 Å². The van der Waals surface area contributed by atoms with Gasteiger partial charge in [0.25, 0.3) is 5.91 Å². The zero-order chi connectivity index (χ0) is 8.97. The lowest BCUT2D eigenvalue weighted by Crippen LogP contribution is -2.25. The molecule has 1 aromatic rings. The van der Waals surface area contributed by atoms with E-state index < -0.39 is 5.91 Å². The average Bonchev–Trinajstić information content (AvgIpc) is 2.51. The first-order chi connectivity index (χ1) is 5.75. The minimum atomic E-state index is -0.713.